The molecule has 0 unspecified atom stereocenters. The predicted molar refractivity (Wildman–Crippen MR) is 141 cm³/mol. The van der Waals surface area contributed by atoms with Crippen molar-refractivity contribution in [2.75, 3.05) is 38.5 Å². The van der Waals surface area contributed by atoms with Gasteiger partial charge in [0.2, 0.25) is 10.0 Å². The number of nitrogens with one attached hydrogen (secondary N) is 2. The van der Waals surface area contributed by atoms with Crippen LogP contribution in [0.25, 0.3) is 0 Å². The Morgan fingerprint density at radius 3 is 2.47 bits per heavy atom. The molecule has 2 atom stereocenters. The van der Waals surface area contributed by atoms with Gasteiger partial charge in [0.15, 0.2) is 11.6 Å². The molecule has 3 aromatic carbocycles. The molecule has 200 valence electrons. The van der Waals surface area contributed by atoms with Crippen LogP contribution in [0.3, 0.4) is 0 Å². The molecule has 0 bridgehead atoms. The number of hydrogen-bond donors (Lipinski definition) is 2. The molecule has 0 aromatic heterocycles. The van der Waals surface area contributed by atoms with E-state index in [1.54, 1.807) is 42.5 Å². The topological polar surface area (TPSA) is 81.8 Å². The van der Waals surface area contributed by atoms with E-state index in [0.29, 0.717) is 44.0 Å². The van der Waals surface area contributed by atoms with Gasteiger partial charge in [-0.15, -0.1) is 0 Å². The number of sulfonamides is 1. The molecule has 5 rings (SSSR count). The van der Waals surface area contributed by atoms with Crippen molar-refractivity contribution in [1.29, 1.82) is 0 Å². The van der Waals surface area contributed by atoms with Crippen LogP contribution >= 0.6 is 0 Å². The summed E-state index contributed by atoms with van der Waals surface area (Å²) in [4.78, 5) is 15.2. The van der Waals surface area contributed by atoms with Crippen LogP contribution in [0.15, 0.2) is 71.6 Å². The Morgan fingerprint density at radius 2 is 1.71 bits per heavy atom. The summed E-state index contributed by atoms with van der Waals surface area (Å²) in [5, 5.41) is 6.21. The molecular weight excluding hydrogens is 510 g/mol. The van der Waals surface area contributed by atoms with Gasteiger partial charge in [-0.2, -0.15) is 4.31 Å². The van der Waals surface area contributed by atoms with Crippen molar-refractivity contribution in [3.8, 4) is 0 Å². The Morgan fingerprint density at radius 1 is 0.947 bits per heavy atom. The number of halogens is 2. The maximum absolute atomic E-state index is 13.5. The first-order chi connectivity index (χ1) is 18.2. The second kappa shape index (κ2) is 10.9. The van der Waals surface area contributed by atoms with Gasteiger partial charge in [-0.25, -0.2) is 17.2 Å². The second-order valence-electron chi connectivity index (χ2n) is 9.89. The monoisotopic (exact) mass is 540 g/mol. The van der Waals surface area contributed by atoms with Gasteiger partial charge in [-0.3, -0.25) is 4.79 Å². The van der Waals surface area contributed by atoms with Crippen molar-refractivity contribution in [2.45, 2.75) is 29.8 Å². The summed E-state index contributed by atoms with van der Waals surface area (Å²) in [6.45, 7) is 2.72. The summed E-state index contributed by atoms with van der Waals surface area (Å²) in [5.74, 6) is -1.90. The maximum Gasteiger partial charge on any atom is 0.255 e. The average molecular weight is 541 g/mol. The first-order valence-electron chi connectivity index (χ1n) is 12.6. The molecule has 1 aliphatic heterocycles. The quantitative estimate of drug-likeness (QED) is 0.454. The molecule has 2 fully saturated rings. The average Bonchev–Trinajstić information content (AvgIpc) is 3.69. The molecule has 1 saturated heterocycles. The van der Waals surface area contributed by atoms with Crippen LogP contribution in [0.2, 0.25) is 0 Å². The summed E-state index contributed by atoms with van der Waals surface area (Å²) in [6, 6.07) is 17.7. The Kier molecular flexibility index (Phi) is 7.58. The smallest absolute Gasteiger partial charge is 0.255 e. The van der Waals surface area contributed by atoms with E-state index in [2.05, 4.69) is 15.5 Å². The highest BCUT2D eigenvalue weighted by molar-refractivity contribution is 7.89. The number of rotatable bonds is 8. The fourth-order valence-corrected chi connectivity index (χ4v) is 6.19. The maximum atomic E-state index is 13.5. The zero-order valence-electron chi connectivity index (χ0n) is 21.0. The van der Waals surface area contributed by atoms with E-state index < -0.39 is 21.7 Å². The normalized spacial score (nSPS) is 20.3. The van der Waals surface area contributed by atoms with Crippen LogP contribution in [0.5, 0.6) is 0 Å². The first kappa shape index (κ1) is 26.4. The number of anilines is 1. The minimum atomic E-state index is -3.65. The number of carbonyl (C=O) groups excluding carboxylic acids is 1. The van der Waals surface area contributed by atoms with E-state index in [9.17, 15) is 22.0 Å². The van der Waals surface area contributed by atoms with E-state index in [-0.39, 0.29) is 22.8 Å². The summed E-state index contributed by atoms with van der Waals surface area (Å²) in [7, 11) is -1.68. The summed E-state index contributed by atoms with van der Waals surface area (Å²) < 4.78 is 54.4. The van der Waals surface area contributed by atoms with E-state index in [1.165, 1.54) is 16.4 Å². The van der Waals surface area contributed by atoms with Gasteiger partial charge in [0, 0.05) is 55.9 Å². The van der Waals surface area contributed by atoms with Crippen LogP contribution in [-0.2, 0) is 16.6 Å². The third-order valence-corrected chi connectivity index (χ3v) is 9.01. The molecule has 1 amide bonds. The van der Waals surface area contributed by atoms with Crippen molar-refractivity contribution < 1.29 is 22.0 Å². The van der Waals surface area contributed by atoms with Gasteiger partial charge in [0.25, 0.3) is 5.91 Å². The first-order valence-corrected chi connectivity index (χ1v) is 14.0. The molecule has 10 heteroatoms. The molecule has 1 saturated carbocycles. The van der Waals surface area contributed by atoms with E-state index in [4.69, 9.17) is 0 Å². The molecule has 38 heavy (non-hydrogen) atoms. The molecule has 2 aliphatic rings. The molecule has 2 N–H and O–H groups in total. The van der Waals surface area contributed by atoms with Crippen LogP contribution in [0.1, 0.15) is 33.8 Å². The standard InChI is InChI=1S/C28H30F2N4O3S/c1-33-10-12-34(13-11-33)38(36,37)23-7-3-6-22(16-23)32-28(35)21-5-2-4-19(14-21)18-31-27-17-24(27)20-8-9-25(29)26(30)15-20/h2-9,14-16,24,27,31H,10-13,17-18H2,1H3,(H,32,35)/t24-,27+/m0/s1. The lowest BCUT2D eigenvalue weighted by molar-refractivity contribution is 0.102. The lowest BCUT2D eigenvalue weighted by Gasteiger charge is -2.31. The van der Waals surface area contributed by atoms with Crippen molar-refractivity contribution in [2.24, 2.45) is 0 Å². The number of likely N-dealkylation sites (N-methyl/N-ethyl adjacent to an activating group) is 1. The molecule has 1 aliphatic carbocycles. The lowest BCUT2D eigenvalue weighted by Crippen LogP contribution is -2.47. The third-order valence-electron chi connectivity index (χ3n) is 7.11. The van der Waals surface area contributed by atoms with E-state index in [0.717, 1.165) is 23.6 Å². The minimum absolute atomic E-state index is 0.131. The van der Waals surface area contributed by atoms with Crippen LogP contribution < -0.4 is 10.6 Å². The molecule has 7 nitrogen and oxygen atoms in total. The Bertz CT molecular complexity index is 1440. The van der Waals surface area contributed by atoms with Crippen LogP contribution in [0.4, 0.5) is 14.5 Å². The molecule has 1 heterocycles. The lowest BCUT2D eigenvalue weighted by atomic mass is 10.1. The number of carbonyl (C=O) groups is 1. The fraction of sp³-hybridized carbons (Fsp3) is 0.321. The SMILES string of the molecule is CN1CCN(S(=O)(=O)c2cccc(NC(=O)c3cccc(CN[C@@H]4C[C@H]4c4ccc(F)c(F)c4)c3)c2)CC1. The largest absolute Gasteiger partial charge is 0.322 e. The van der Waals surface area contributed by atoms with Crippen molar-refractivity contribution in [3.63, 3.8) is 0 Å². The van der Waals surface area contributed by atoms with Gasteiger partial charge in [-0.1, -0.05) is 24.3 Å². The number of hydrogen-bond acceptors (Lipinski definition) is 5. The van der Waals surface area contributed by atoms with Crippen molar-refractivity contribution in [3.05, 3.63) is 95.1 Å². The number of benzene rings is 3. The van der Waals surface area contributed by atoms with E-state index >= 15 is 0 Å². The van der Waals surface area contributed by atoms with Gasteiger partial charge < -0.3 is 15.5 Å². The third kappa shape index (κ3) is 5.94. The minimum Gasteiger partial charge on any atom is -0.322 e. The van der Waals surface area contributed by atoms with Gasteiger partial charge >= 0.3 is 0 Å². The highest BCUT2D eigenvalue weighted by Gasteiger charge is 2.38. The Hall–Kier alpha value is -3.18. The van der Waals surface area contributed by atoms with Crippen LogP contribution in [0, 0.1) is 11.6 Å². The highest BCUT2D eigenvalue weighted by atomic mass is 32.2. The summed E-state index contributed by atoms with van der Waals surface area (Å²) >= 11 is 0. The fourth-order valence-electron chi connectivity index (χ4n) is 4.72. The molecule has 0 radical (unpaired) electrons. The van der Waals surface area contributed by atoms with Crippen molar-refractivity contribution in [1.82, 2.24) is 14.5 Å². The zero-order chi connectivity index (χ0) is 26.9. The Balaban J connectivity index is 1.19. The molecule has 3 aromatic rings. The molecule has 0 spiro atoms. The second-order valence-corrected chi connectivity index (χ2v) is 11.8. The summed E-state index contributed by atoms with van der Waals surface area (Å²) in [5.41, 5.74) is 2.53. The highest BCUT2D eigenvalue weighted by Crippen LogP contribution is 2.41. The molecular formula is C28H30F2N4O3S. The predicted octanol–water partition coefficient (Wildman–Crippen LogP) is 3.80. The Labute approximate surface area is 221 Å². The zero-order valence-corrected chi connectivity index (χ0v) is 21.8. The van der Waals surface area contributed by atoms with Gasteiger partial charge in [-0.05, 0) is 67.1 Å². The van der Waals surface area contributed by atoms with Crippen molar-refractivity contribution >= 4 is 21.6 Å². The van der Waals surface area contributed by atoms with Gasteiger partial charge in [0.1, 0.15) is 0 Å². The van der Waals surface area contributed by atoms with Gasteiger partial charge in [0.05, 0.1) is 4.90 Å². The number of amides is 1. The number of piperazine rings is 1. The van der Waals surface area contributed by atoms with Crippen LogP contribution in [-0.4, -0.2) is 62.8 Å². The number of nitrogens with zero attached hydrogens (tertiary/aromatic N) is 2. The summed E-state index contributed by atoms with van der Waals surface area (Å²) in [6.07, 6.45) is 0.832. The van der Waals surface area contributed by atoms with E-state index in [1.807, 2.05) is 13.1 Å².